The van der Waals surface area contributed by atoms with E-state index in [1.54, 1.807) is 0 Å². The predicted molar refractivity (Wildman–Crippen MR) is 47.4 cm³/mol. The van der Waals surface area contributed by atoms with Crippen molar-refractivity contribution < 1.29 is 24.6 Å². The number of carboxylic acids is 1. The van der Waals surface area contributed by atoms with Crippen molar-refractivity contribution in [2.45, 2.75) is 12.4 Å². The normalized spacial score (nSPS) is 23.6. The SMILES string of the molecule is [2H]c1c([2H])c(C([2H])([2H])[C@@]([2H])(N)C(=O)O)c([2H])c([2H])c1O. The summed E-state index contributed by atoms with van der Waals surface area (Å²) in [6.07, 6.45) is -3.22. The number of carboxylic acid groups (broad SMARTS) is 1. The van der Waals surface area contributed by atoms with Crippen LogP contribution in [0.4, 0.5) is 0 Å². The molecule has 4 N–H and O–H groups in total. The van der Waals surface area contributed by atoms with Gasteiger partial charge in [0.05, 0.1) is 6.85 Å². The van der Waals surface area contributed by atoms with Gasteiger partial charge in [-0.25, -0.2) is 0 Å². The van der Waals surface area contributed by atoms with E-state index in [1.807, 2.05) is 0 Å². The van der Waals surface area contributed by atoms with Gasteiger partial charge in [0, 0.05) is 2.74 Å². The molecule has 1 rings (SSSR count). The minimum atomic E-state index is -3.23. The van der Waals surface area contributed by atoms with Crippen LogP contribution in [0, 0.1) is 0 Å². The third-order valence-corrected chi connectivity index (χ3v) is 1.10. The molecule has 0 heterocycles. The Hall–Kier alpha value is -1.55. The first kappa shape index (κ1) is 3.67. The van der Waals surface area contributed by atoms with Crippen molar-refractivity contribution in [1.29, 1.82) is 0 Å². The highest BCUT2D eigenvalue weighted by molar-refractivity contribution is 5.73. The van der Waals surface area contributed by atoms with Crippen molar-refractivity contribution >= 4 is 5.97 Å². The smallest absolute Gasteiger partial charge is 0.320 e. The summed E-state index contributed by atoms with van der Waals surface area (Å²) in [6.45, 7) is 0. The van der Waals surface area contributed by atoms with E-state index in [0.717, 1.165) is 0 Å². The predicted octanol–water partition coefficient (Wildman–Crippen LogP) is 0.347. The Bertz CT molecular complexity index is 558. The van der Waals surface area contributed by atoms with Crippen LogP contribution in [0.5, 0.6) is 5.75 Å². The first-order chi connectivity index (χ1) is 8.87. The van der Waals surface area contributed by atoms with Crippen LogP contribution >= 0.6 is 0 Å². The molecule has 0 radical (unpaired) electrons. The second-order valence-electron chi connectivity index (χ2n) is 2.07. The lowest BCUT2D eigenvalue weighted by molar-refractivity contribution is -0.138. The number of hydrogen-bond acceptors (Lipinski definition) is 3. The highest BCUT2D eigenvalue weighted by Gasteiger charge is 2.11. The molecular weight excluding hydrogens is 170 g/mol. The molecular formula is C9H11NO3. The van der Waals surface area contributed by atoms with Crippen molar-refractivity contribution in [2.75, 3.05) is 0 Å². The fraction of sp³-hybridized carbons (Fsp3) is 0.222. The molecule has 0 amide bonds. The molecule has 1 aromatic carbocycles. The van der Waals surface area contributed by atoms with Crippen LogP contribution in [0.3, 0.4) is 0 Å². The molecule has 0 aliphatic rings. The lowest BCUT2D eigenvalue weighted by Crippen LogP contribution is -2.32. The maximum absolute atomic E-state index is 10.9. The van der Waals surface area contributed by atoms with Gasteiger partial charge < -0.3 is 15.9 Å². The molecule has 1 atom stereocenters. The van der Waals surface area contributed by atoms with E-state index in [-0.39, 0.29) is 0 Å². The zero-order valence-electron chi connectivity index (χ0n) is 13.4. The van der Waals surface area contributed by atoms with Crippen molar-refractivity contribution in [3.05, 3.63) is 29.7 Å². The lowest BCUT2D eigenvalue weighted by Gasteiger charge is -2.05. The standard InChI is InChI=1S/C9H11NO3/c10-8(9(12)13)5-6-1-3-7(11)4-2-6/h1-4,8,11H,5,10H2,(H,12,13)/t8-/m1/s1/i1D,2D,3D,4D,5D2,8D. The second-order valence-corrected chi connectivity index (χ2v) is 2.07. The van der Waals surface area contributed by atoms with Gasteiger partial charge in [0.25, 0.3) is 0 Å². The molecule has 0 saturated heterocycles. The molecule has 0 unspecified atom stereocenters. The average Bonchev–Trinajstić information content (AvgIpc) is 2.33. The minimum Gasteiger partial charge on any atom is -0.508 e. The molecule has 1 aromatic rings. The summed E-state index contributed by atoms with van der Waals surface area (Å²) >= 11 is 0. The van der Waals surface area contributed by atoms with Crippen LogP contribution in [0.1, 0.15) is 15.2 Å². The number of phenolic OH excluding ortho intramolecular Hbond substituents is 1. The first-order valence-corrected chi connectivity index (χ1v) is 3.19. The Labute approximate surface area is 85.5 Å². The van der Waals surface area contributed by atoms with Crippen LogP contribution in [0.25, 0.3) is 0 Å². The van der Waals surface area contributed by atoms with Crippen LogP contribution in [-0.4, -0.2) is 22.2 Å². The Morgan fingerprint density at radius 3 is 2.69 bits per heavy atom. The fourth-order valence-electron chi connectivity index (χ4n) is 0.557. The quantitative estimate of drug-likeness (QED) is 0.639. The number of hydrogen-bond donors (Lipinski definition) is 3. The van der Waals surface area contributed by atoms with Crippen LogP contribution in [0.15, 0.2) is 24.2 Å². The number of nitrogens with two attached hydrogens (primary N) is 1. The summed E-state index contributed by atoms with van der Waals surface area (Å²) in [5, 5.41) is 18.1. The van der Waals surface area contributed by atoms with Crippen molar-refractivity contribution in [3.8, 4) is 5.75 Å². The monoisotopic (exact) mass is 188 g/mol. The highest BCUT2D eigenvalue weighted by Crippen LogP contribution is 2.10. The zero-order chi connectivity index (χ0) is 16.0. The van der Waals surface area contributed by atoms with E-state index >= 15 is 0 Å². The third-order valence-electron chi connectivity index (χ3n) is 1.10. The van der Waals surface area contributed by atoms with Crippen molar-refractivity contribution in [1.82, 2.24) is 0 Å². The number of rotatable bonds is 3. The topological polar surface area (TPSA) is 83.6 Å². The molecule has 0 aliphatic carbocycles. The van der Waals surface area contributed by atoms with E-state index < -0.39 is 53.8 Å². The van der Waals surface area contributed by atoms with Gasteiger partial charge >= 0.3 is 5.97 Å². The molecule has 0 aromatic heterocycles. The van der Waals surface area contributed by atoms with Crippen molar-refractivity contribution in [2.24, 2.45) is 5.73 Å². The van der Waals surface area contributed by atoms with E-state index in [1.165, 1.54) is 0 Å². The minimum absolute atomic E-state index is 0.939. The van der Waals surface area contributed by atoms with Gasteiger partial charge in [0.15, 0.2) is 0 Å². The van der Waals surface area contributed by atoms with Crippen LogP contribution in [0.2, 0.25) is 0 Å². The fourth-order valence-corrected chi connectivity index (χ4v) is 0.557. The molecule has 0 bridgehead atoms. The van der Waals surface area contributed by atoms with Gasteiger partial charge in [0.1, 0.15) is 11.8 Å². The van der Waals surface area contributed by atoms with Gasteiger partial charge in [-0.05, 0) is 24.0 Å². The molecule has 0 saturated carbocycles. The number of benzene rings is 1. The Kier molecular flexibility index (Phi) is 1.10. The van der Waals surface area contributed by atoms with Gasteiger partial charge in [-0.1, -0.05) is 12.1 Å². The average molecular weight is 188 g/mol. The maximum atomic E-state index is 10.9. The zero-order valence-corrected chi connectivity index (χ0v) is 6.38. The van der Waals surface area contributed by atoms with Gasteiger partial charge in [-0.2, -0.15) is 0 Å². The van der Waals surface area contributed by atoms with E-state index in [9.17, 15) is 9.90 Å². The second kappa shape index (κ2) is 3.91. The third kappa shape index (κ3) is 2.76. The maximum Gasteiger partial charge on any atom is 0.320 e. The molecule has 0 spiro atoms. The Morgan fingerprint density at radius 2 is 2.23 bits per heavy atom. The van der Waals surface area contributed by atoms with Crippen LogP contribution < -0.4 is 5.73 Å². The molecule has 4 nitrogen and oxygen atoms in total. The van der Waals surface area contributed by atoms with Crippen molar-refractivity contribution in [3.63, 3.8) is 0 Å². The Morgan fingerprint density at radius 1 is 1.69 bits per heavy atom. The molecule has 70 valence electrons. The number of aromatic hydroxyl groups is 1. The molecule has 4 heteroatoms. The van der Waals surface area contributed by atoms with Gasteiger partial charge in [-0.3, -0.25) is 4.79 Å². The summed E-state index contributed by atoms with van der Waals surface area (Å²) < 4.78 is 52.4. The Balaban J connectivity index is 3.76. The highest BCUT2D eigenvalue weighted by atomic mass is 16.4. The summed E-state index contributed by atoms with van der Waals surface area (Å²) in [7, 11) is 0. The van der Waals surface area contributed by atoms with E-state index in [0.29, 0.717) is 0 Å². The molecule has 0 fully saturated rings. The summed E-state index contributed by atoms with van der Waals surface area (Å²) in [6, 6.07) is -7.08. The molecule has 0 aliphatic heterocycles. The van der Waals surface area contributed by atoms with E-state index in [4.69, 9.17) is 20.4 Å². The van der Waals surface area contributed by atoms with E-state index in [2.05, 4.69) is 0 Å². The number of aliphatic carboxylic acids is 1. The lowest BCUT2D eigenvalue weighted by atomic mass is 10.1. The number of phenols is 1. The largest absolute Gasteiger partial charge is 0.508 e. The molecule has 13 heavy (non-hydrogen) atoms. The summed E-state index contributed by atoms with van der Waals surface area (Å²) in [5.41, 5.74) is 4.09. The summed E-state index contributed by atoms with van der Waals surface area (Å²) in [5.74, 6) is -3.03. The number of carbonyl (C=O) groups is 1. The van der Waals surface area contributed by atoms with Crippen LogP contribution in [-0.2, 0) is 11.2 Å². The first-order valence-electron chi connectivity index (χ1n) is 6.69. The summed E-state index contributed by atoms with van der Waals surface area (Å²) in [4.78, 5) is 10.9. The van der Waals surface area contributed by atoms with Gasteiger partial charge in [0.2, 0.25) is 0 Å². The van der Waals surface area contributed by atoms with Gasteiger partial charge in [-0.15, -0.1) is 0 Å².